The van der Waals surface area contributed by atoms with Crippen molar-refractivity contribution in [3.8, 4) is 16.9 Å². The Kier molecular flexibility index (Phi) is 9.13. The van der Waals surface area contributed by atoms with Gasteiger partial charge in [-0.2, -0.15) is 4.98 Å². The second kappa shape index (κ2) is 13.2. The fourth-order valence-corrected chi connectivity index (χ4v) is 6.19. The number of hydrogen-bond acceptors (Lipinski definition) is 6. The summed E-state index contributed by atoms with van der Waals surface area (Å²) in [4.78, 5) is 24.7. The number of aromatic nitrogens is 3. The first-order chi connectivity index (χ1) is 21.2. The third-order valence-electron chi connectivity index (χ3n) is 8.57. The zero-order chi connectivity index (χ0) is 30.8. The van der Waals surface area contributed by atoms with Gasteiger partial charge in [0.15, 0.2) is 5.82 Å². The molecule has 0 amide bonds. The number of benzene rings is 2. The molecule has 0 bridgehead atoms. The lowest BCUT2D eigenvalue weighted by Gasteiger charge is -2.31. The number of nitrogens with one attached hydrogen (secondary N) is 2. The van der Waals surface area contributed by atoms with Gasteiger partial charge in [0.05, 0.1) is 41.5 Å². The molecular formula is C33H39ClFN7O2. The minimum absolute atomic E-state index is 0.0303. The molecule has 1 aliphatic carbocycles. The molecule has 2 fully saturated rings. The minimum Gasteiger partial charge on any atom is -0.388 e. The van der Waals surface area contributed by atoms with Gasteiger partial charge in [0.2, 0.25) is 0 Å². The molecule has 6 N–H and O–H groups in total. The van der Waals surface area contributed by atoms with E-state index >= 15 is 4.39 Å². The summed E-state index contributed by atoms with van der Waals surface area (Å²) < 4.78 is 22.5. The molecule has 2 aliphatic rings. The van der Waals surface area contributed by atoms with Crippen LogP contribution < -0.4 is 22.5 Å². The summed E-state index contributed by atoms with van der Waals surface area (Å²) in [5, 5.41) is 4.38. The Hall–Kier alpha value is -3.57. The average molecular weight is 620 g/mol. The van der Waals surface area contributed by atoms with Gasteiger partial charge < -0.3 is 26.5 Å². The van der Waals surface area contributed by atoms with Crippen LogP contribution in [-0.2, 0) is 11.2 Å². The molecule has 1 aliphatic heterocycles. The highest BCUT2D eigenvalue weighted by Gasteiger charge is 2.28. The molecule has 3 heterocycles. The fraction of sp³-hybridized carbons (Fsp3) is 0.424. The number of nitrogens with zero attached hydrogens (tertiary/aromatic N) is 3. The summed E-state index contributed by atoms with van der Waals surface area (Å²) >= 11 is 6.31. The largest absolute Gasteiger partial charge is 0.388 e. The van der Waals surface area contributed by atoms with Gasteiger partial charge in [0.1, 0.15) is 5.65 Å². The highest BCUT2D eigenvalue weighted by atomic mass is 35.5. The summed E-state index contributed by atoms with van der Waals surface area (Å²) in [5.74, 6) is 0.724. The minimum atomic E-state index is -0.507. The number of fused-ring (bicyclic) bond motifs is 1. The van der Waals surface area contributed by atoms with Crippen molar-refractivity contribution in [2.75, 3.05) is 19.8 Å². The molecule has 2 aromatic carbocycles. The summed E-state index contributed by atoms with van der Waals surface area (Å²) in [6.07, 6.45) is 7.61. The Labute approximate surface area is 260 Å². The van der Waals surface area contributed by atoms with Gasteiger partial charge >= 0.3 is 5.69 Å². The monoisotopic (exact) mass is 619 g/mol. The number of hydrogen-bond donors (Lipinski definition) is 4. The standard InChI is InChI=1S/C33H39ClFN7O2/c1-19(36)38-12-11-24-17-44-18-30(39-24)22-7-9-25(10-8-22)42-16-23-15-29(40-32(23)41-33(42)43)26-13-20(14-27(34)31(26)35)3-2-4-28(37)21-5-6-21/h7-10,13-16,21,24,28,30,39H,2-6,11-12,17-18,37H2,1H3,(H2,36,38)(H,40,41,43)/t24-,28?,30+/m1/s1. The van der Waals surface area contributed by atoms with Gasteiger partial charge in [0.25, 0.3) is 0 Å². The second-order valence-electron chi connectivity index (χ2n) is 12.1. The Bertz CT molecular complexity index is 1710. The molecule has 44 heavy (non-hydrogen) atoms. The average Bonchev–Trinajstić information content (AvgIpc) is 3.78. The highest BCUT2D eigenvalue weighted by Crippen LogP contribution is 2.34. The number of morpholine rings is 1. The van der Waals surface area contributed by atoms with E-state index in [4.69, 9.17) is 27.8 Å². The van der Waals surface area contributed by atoms with Crippen LogP contribution in [0, 0.1) is 11.7 Å². The summed E-state index contributed by atoms with van der Waals surface area (Å²) in [6.45, 7) is 3.62. The summed E-state index contributed by atoms with van der Waals surface area (Å²) in [5.41, 5.74) is 15.4. The highest BCUT2D eigenvalue weighted by molar-refractivity contribution is 6.31. The van der Waals surface area contributed by atoms with Crippen molar-refractivity contribution in [2.45, 2.75) is 63.6 Å². The van der Waals surface area contributed by atoms with Gasteiger partial charge in [-0.15, -0.1) is 0 Å². The number of amidine groups is 1. The molecular weight excluding hydrogens is 581 g/mol. The van der Waals surface area contributed by atoms with Crippen molar-refractivity contribution < 1.29 is 9.13 Å². The van der Waals surface area contributed by atoms with Gasteiger partial charge in [-0.25, -0.2) is 9.18 Å². The van der Waals surface area contributed by atoms with Crippen LogP contribution in [0.5, 0.6) is 0 Å². The van der Waals surface area contributed by atoms with E-state index in [0.29, 0.717) is 59.5 Å². The van der Waals surface area contributed by atoms with E-state index in [1.54, 1.807) is 25.3 Å². The van der Waals surface area contributed by atoms with Gasteiger partial charge in [-0.05, 0) is 92.8 Å². The molecule has 6 rings (SSSR count). The maximum Gasteiger partial charge on any atom is 0.354 e. The molecule has 0 radical (unpaired) electrons. The number of aryl methyl sites for hydroxylation is 1. The third-order valence-corrected chi connectivity index (χ3v) is 8.84. The maximum absolute atomic E-state index is 15.2. The molecule has 9 nitrogen and oxygen atoms in total. The third kappa shape index (κ3) is 7.04. The van der Waals surface area contributed by atoms with Crippen LogP contribution in [0.3, 0.4) is 0 Å². The van der Waals surface area contributed by atoms with Crippen molar-refractivity contribution in [3.63, 3.8) is 0 Å². The quantitative estimate of drug-likeness (QED) is 0.137. The fourth-order valence-electron chi connectivity index (χ4n) is 5.94. The maximum atomic E-state index is 15.2. The van der Waals surface area contributed by atoms with Crippen molar-refractivity contribution in [1.82, 2.24) is 19.9 Å². The zero-order valence-electron chi connectivity index (χ0n) is 24.9. The second-order valence-corrected chi connectivity index (χ2v) is 12.5. The predicted octanol–water partition coefficient (Wildman–Crippen LogP) is 5.03. The normalized spacial score (nSPS) is 19.9. The lowest BCUT2D eigenvalue weighted by molar-refractivity contribution is 0.0434. The van der Waals surface area contributed by atoms with Crippen LogP contribution in [0.4, 0.5) is 4.39 Å². The van der Waals surface area contributed by atoms with Crippen LogP contribution in [-0.4, -0.2) is 52.2 Å². The lowest BCUT2D eigenvalue weighted by atomic mass is 10.00. The van der Waals surface area contributed by atoms with Crippen molar-refractivity contribution in [3.05, 3.63) is 81.1 Å². The molecule has 1 saturated carbocycles. The number of aliphatic imine (C=N–C) groups is 1. The van der Waals surface area contributed by atoms with Crippen LogP contribution >= 0.6 is 11.6 Å². The molecule has 1 saturated heterocycles. The smallest absolute Gasteiger partial charge is 0.354 e. The molecule has 0 spiro atoms. The molecule has 232 valence electrons. The Morgan fingerprint density at radius 3 is 2.77 bits per heavy atom. The van der Waals surface area contributed by atoms with Gasteiger partial charge in [-0.1, -0.05) is 23.7 Å². The first kappa shape index (κ1) is 30.5. The van der Waals surface area contributed by atoms with E-state index in [0.717, 1.165) is 36.8 Å². The topological polar surface area (TPSA) is 136 Å². The van der Waals surface area contributed by atoms with Crippen LogP contribution in [0.2, 0.25) is 5.02 Å². The van der Waals surface area contributed by atoms with Crippen molar-refractivity contribution >= 4 is 28.5 Å². The zero-order valence-corrected chi connectivity index (χ0v) is 25.6. The number of halogens is 2. The Morgan fingerprint density at radius 1 is 1.23 bits per heavy atom. The number of nitrogens with two attached hydrogens (primary N) is 2. The van der Waals surface area contributed by atoms with Crippen LogP contribution in [0.1, 0.15) is 56.2 Å². The number of H-pyrrole nitrogens is 1. The van der Waals surface area contributed by atoms with Crippen LogP contribution in [0.25, 0.3) is 28.0 Å². The molecule has 11 heteroatoms. The van der Waals surface area contributed by atoms with E-state index in [-0.39, 0.29) is 23.1 Å². The van der Waals surface area contributed by atoms with E-state index < -0.39 is 11.5 Å². The van der Waals surface area contributed by atoms with E-state index in [9.17, 15) is 4.79 Å². The Morgan fingerprint density at radius 2 is 2.02 bits per heavy atom. The number of rotatable bonds is 11. The molecule has 1 unspecified atom stereocenters. The predicted molar refractivity (Wildman–Crippen MR) is 173 cm³/mol. The first-order valence-corrected chi connectivity index (χ1v) is 15.7. The van der Waals surface area contributed by atoms with Crippen LogP contribution in [0.15, 0.2) is 58.4 Å². The van der Waals surface area contributed by atoms with Gasteiger partial charge in [-0.3, -0.25) is 9.56 Å². The number of ether oxygens (including phenoxy) is 1. The SMILES string of the molecule is CC(N)=NCC[C@@H]1COC[C@@H](c2ccc(-n3cc4cc(-c5cc(CCCC(N)C6CC6)cc(Cl)c5F)[nH]c4nc3=O)cc2)N1. The summed E-state index contributed by atoms with van der Waals surface area (Å²) in [6, 6.07) is 13.5. The molecule has 3 atom stereocenters. The Balaban J connectivity index is 1.18. The van der Waals surface area contributed by atoms with E-state index in [2.05, 4.69) is 20.3 Å². The molecule has 2 aromatic heterocycles. The summed E-state index contributed by atoms with van der Waals surface area (Å²) in [7, 11) is 0. The molecule has 4 aromatic rings. The number of aromatic amines is 1. The lowest BCUT2D eigenvalue weighted by Crippen LogP contribution is -2.44. The van der Waals surface area contributed by atoms with Gasteiger partial charge in [0, 0.05) is 35.8 Å². The van der Waals surface area contributed by atoms with E-state index in [1.807, 2.05) is 30.3 Å². The van der Waals surface area contributed by atoms with Crippen molar-refractivity contribution in [1.29, 1.82) is 0 Å². The van der Waals surface area contributed by atoms with E-state index in [1.165, 1.54) is 17.4 Å². The first-order valence-electron chi connectivity index (χ1n) is 15.3. The van der Waals surface area contributed by atoms with Crippen molar-refractivity contribution in [2.24, 2.45) is 22.4 Å².